The minimum atomic E-state index is 0.0132. The Morgan fingerprint density at radius 2 is 2.14 bits per heavy atom. The Kier molecular flexibility index (Phi) is 5.75. The van der Waals surface area contributed by atoms with Gasteiger partial charge in [-0.2, -0.15) is 0 Å². The Morgan fingerprint density at radius 1 is 1.43 bits per heavy atom. The van der Waals surface area contributed by atoms with Crippen LogP contribution in [-0.4, -0.2) is 24.5 Å². The third-order valence-electron chi connectivity index (χ3n) is 4.62. The summed E-state index contributed by atoms with van der Waals surface area (Å²) in [4.78, 5) is 2.54. The van der Waals surface area contributed by atoms with Crippen molar-refractivity contribution in [2.75, 3.05) is 19.6 Å². The van der Waals surface area contributed by atoms with Gasteiger partial charge in [-0.3, -0.25) is 0 Å². The van der Waals surface area contributed by atoms with Crippen LogP contribution in [-0.2, 0) is 0 Å². The first-order chi connectivity index (χ1) is 9.77. The van der Waals surface area contributed by atoms with E-state index in [-0.39, 0.29) is 6.04 Å². The topological polar surface area (TPSA) is 29.3 Å². The van der Waals surface area contributed by atoms with Crippen molar-refractivity contribution in [1.82, 2.24) is 4.90 Å². The van der Waals surface area contributed by atoms with Crippen molar-refractivity contribution < 1.29 is 0 Å². The number of rotatable bonds is 4. The molecule has 118 valence electrons. The normalized spacial score (nSPS) is 21.7. The number of hydrogen-bond acceptors (Lipinski definition) is 2. The molecule has 0 aromatic heterocycles. The molecule has 0 spiro atoms. The lowest BCUT2D eigenvalue weighted by Gasteiger charge is -2.27. The Bertz CT molecular complexity index is 484. The number of hydrogen-bond donors (Lipinski definition) is 1. The van der Waals surface area contributed by atoms with Crippen molar-refractivity contribution in [3.05, 3.63) is 33.3 Å². The number of nitrogens with zero attached hydrogens (tertiary/aromatic N) is 1. The van der Waals surface area contributed by atoms with Crippen molar-refractivity contribution in [2.24, 2.45) is 17.1 Å². The maximum Gasteiger partial charge on any atom is 0.0464 e. The van der Waals surface area contributed by atoms with Gasteiger partial charge in [-0.25, -0.2) is 0 Å². The van der Waals surface area contributed by atoms with Crippen molar-refractivity contribution in [3.63, 3.8) is 0 Å². The van der Waals surface area contributed by atoms with Crippen LogP contribution in [0.5, 0.6) is 0 Å². The van der Waals surface area contributed by atoms with Gasteiger partial charge in [0.05, 0.1) is 0 Å². The molecule has 0 aliphatic carbocycles. The number of likely N-dealkylation sites (tertiary alicyclic amines) is 1. The van der Waals surface area contributed by atoms with E-state index in [1.54, 1.807) is 0 Å². The van der Waals surface area contributed by atoms with Gasteiger partial charge in [-0.15, -0.1) is 0 Å². The second-order valence-corrected chi connectivity index (χ2v) is 8.54. The summed E-state index contributed by atoms with van der Waals surface area (Å²) in [7, 11) is 0. The van der Waals surface area contributed by atoms with Crippen molar-refractivity contribution in [3.8, 4) is 0 Å². The summed E-state index contributed by atoms with van der Waals surface area (Å²) >= 11 is 9.71. The van der Waals surface area contributed by atoms with E-state index in [4.69, 9.17) is 17.3 Å². The fraction of sp³-hybridized carbons (Fsp3) is 0.647. The molecule has 0 radical (unpaired) electrons. The summed E-state index contributed by atoms with van der Waals surface area (Å²) in [6, 6.07) is 5.97. The Hall–Kier alpha value is -0.0900. The molecule has 1 saturated heterocycles. The molecule has 1 aliphatic heterocycles. The quantitative estimate of drug-likeness (QED) is 0.816. The van der Waals surface area contributed by atoms with Gasteiger partial charge in [0.1, 0.15) is 0 Å². The van der Waals surface area contributed by atoms with Gasteiger partial charge in [-0.05, 0) is 55.0 Å². The predicted octanol–water partition coefficient (Wildman–Crippen LogP) is 4.86. The summed E-state index contributed by atoms with van der Waals surface area (Å²) in [5.41, 5.74) is 7.77. The molecule has 1 aromatic rings. The smallest absolute Gasteiger partial charge is 0.0464 e. The lowest BCUT2D eigenvalue weighted by atomic mass is 9.80. The van der Waals surface area contributed by atoms with Crippen molar-refractivity contribution >= 4 is 27.5 Å². The molecule has 2 atom stereocenters. The Morgan fingerprint density at radius 3 is 2.71 bits per heavy atom. The third kappa shape index (κ3) is 4.69. The molecule has 1 aliphatic rings. The van der Waals surface area contributed by atoms with Crippen LogP contribution >= 0.6 is 27.5 Å². The largest absolute Gasteiger partial charge is 0.324 e. The molecular formula is C17H26BrClN2. The minimum Gasteiger partial charge on any atom is -0.324 e. The summed E-state index contributed by atoms with van der Waals surface area (Å²) in [5.74, 6) is 0.796. The standard InChI is InChI=1S/C17H26BrClN2/c1-17(2,3)12-6-8-21(11-12)9-7-16(20)14-5-4-13(18)10-15(14)19/h4-5,10,12,16H,6-9,11,20H2,1-3H3. The summed E-state index contributed by atoms with van der Waals surface area (Å²) in [6.07, 6.45) is 2.26. The molecule has 0 saturated carbocycles. The molecule has 2 N–H and O–H groups in total. The van der Waals surface area contributed by atoms with Crippen LogP contribution in [0, 0.1) is 11.3 Å². The minimum absolute atomic E-state index is 0.0132. The van der Waals surface area contributed by atoms with Gasteiger partial charge in [0.2, 0.25) is 0 Å². The lowest BCUT2D eigenvalue weighted by molar-refractivity contribution is 0.226. The summed E-state index contributed by atoms with van der Waals surface area (Å²) in [6.45, 7) is 10.5. The first-order valence-electron chi connectivity index (χ1n) is 7.70. The van der Waals surface area contributed by atoms with Crippen molar-refractivity contribution in [2.45, 2.75) is 39.7 Å². The van der Waals surface area contributed by atoms with Gasteiger partial charge in [0.15, 0.2) is 0 Å². The van der Waals surface area contributed by atoms with Crippen LogP contribution in [0.15, 0.2) is 22.7 Å². The number of nitrogens with two attached hydrogens (primary N) is 1. The van der Waals surface area contributed by atoms with E-state index < -0.39 is 0 Å². The molecule has 1 fully saturated rings. The zero-order chi connectivity index (χ0) is 15.6. The fourth-order valence-electron chi connectivity index (χ4n) is 3.02. The molecule has 4 heteroatoms. The second kappa shape index (κ2) is 6.99. The molecule has 0 amide bonds. The fourth-order valence-corrected chi connectivity index (χ4v) is 3.84. The SMILES string of the molecule is CC(C)(C)C1CCN(CCC(N)c2ccc(Br)cc2Cl)C1. The van der Waals surface area contributed by atoms with Crippen LogP contribution in [0.3, 0.4) is 0 Å². The number of benzene rings is 1. The monoisotopic (exact) mass is 372 g/mol. The highest BCUT2D eigenvalue weighted by molar-refractivity contribution is 9.10. The van der Waals surface area contributed by atoms with E-state index in [9.17, 15) is 0 Å². The van der Waals surface area contributed by atoms with Crippen LogP contribution in [0.4, 0.5) is 0 Å². The van der Waals surface area contributed by atoms with Crippen LogP contribution in [0.1, 0.15) is 45.2 Å². The summed E-state index contributed by atoms with van der Waals surface area (Å²) in [5, 5.41) is 0.755. The first kappa shape index (κ1) is 17.3. The van der Waals surface area contributed by atoms with Gasteiger partial charge in [-0.1, -0.05) is 54.4 Å². The van der Waals surface area contributed by atoms with E-state index in [2.05, 4.69) is 41.6 Å². The van der Waals surface area contributed by atoms with Gasteiger partial charge < -0.3 is 10.6 Å². The van der Waals surface area contributed by atoms with E-state index in [0.717, 1.165) is 33.9 Å². The molecule has 0 bridgehead atoms. The average Bonchev–Trinajstić information content (AvgIpc) is 2.84. The van der Waals surface area contributed by atoms with Crippen LogP contribution in [0.25, 0.3) is 0 Å². The summed E-state index contributed by atoms with van der Waals surface area (Å²) < 4.78 is 0.996. The molecule has 1 heterocycles. The van der Waals surface area contributed by atoms with Crippen LogP contribution < -0.4 is 5.73 Å². The molecule has 2 unspecified atom stereocenters. The molecule has 21 heavy (non-hydrogen) atoms. The number of halogens is 2. The van der Waals surface area contributed by atoms with E-state index in [1.165, 1.54) is 19.5 Å². The maximum atomic E-state index is 6.32. The van der Waals surface area contributed by atoms with Crippen molar-refractivity contribution in [1.29, 1.82) is 0 Å². The lowest BCUT2D eigenvalue weighted by Crippen LogP contribution is -2.28. The van der Waals surface area contributed by atoms with E-state index in [1.807, 2.05) is 18.2 Å². The van der Waals surface area contributed by atoms with Gasteiger partial charge in [0.25, 0.3) is 0 Å². The zero-order valence-corrected chi connectivity index (χ0v) is 15.5. The Balaban J connectivity index is 1.86. The highest BCUT2D eigenvalue weighted by Crippen LogP contribution is 2.34. The molecule has 2 nitrogen and oxygen atoms in total. The van der Waals surface area contributed by atoms with E-state index in [0.29, 0.717) is 5.41 Å². The van der Waals surface area contributed by atoms with Gasteiger partial charge >= 0.3 is 0 Å². The molecular weight excluding hydrogens is 348 g/mol. The molecule has 1 aromatic carbocycles. The second-order valence-electron chi connectivity index (χ2n) is 7.21. The Labute approximate surface area is 142 Å². The third-order valence-corrected chi connectivity index (χ3v) is 5.44. The molecule has 2 rings (SSSR count). The van der Waals surface area contributed by atoms with E-state index >= 15 is 0 Å². The highest BCUT2D eigenvalue weighted by Gasteiger charge is 2.31. The maximum absolute atomic E-state index is 6.32. The van der Waals surface area contributed by atoms with Crippen LogP contribution in [0.2, 0.25) is 5.02 Å². The zero-order valence-electron chi connectivity index (χ0n) is 13.2. The highest BCUT2D eigenvalue weighted by atomic mass is 79.9. The van der Waals surface area contributed by atoms with Gasteiger partial charge in [0, 0.05) is 22.1 Å². The average molecular weight is 374 g/mol. The first-order valence-corrected chi connectivity index (χ1v) is 8.87. The predicted molar refractivity (Wildman–Crippen MR) is 94.7 cm³/mol.